The first kappa shape index (κ1) is 18.9. The smallest absolute Gasteiger partial charge is 0.282 e. The Balaban J connectivity index is 1.59. The molecule has 2 aliphatic rings. The summed E-state index contributed by atoms with van der Waals surface area (Å²) >= 11 is 0. The fourth-order valence-corrected chi connectivity index (χ4v) is 3.82. The Hall–Kier alpha value is -2.48. The maximum Gasteiger partial charge on any atom is 0.282 e. The summed E-state index contributed by atoms with van der Waals surface area (Å²) in [5, 5.41) is 3.88. The number of aryl methyl sites for hydroxylation is 1. The average Bonchev–Trinajstić information content (AvgIpc) is 2.95. The first-order chi connectivity index (χ1) is 13.5. The van der Waals surface area contributed by atoms with Crippen LogP contribution in [0.2, 0.25) is 0 Å². The Bertz CT molecular complexity index is 862. The van der Waals surface area contributed by atoms with E-state index in [0.717, 1.165) is 11.3 Å². The van der Waals surface area contributed by atoms with Crippen molar-refractivity contribution in [3.05, 3.63) is 47.3 Å². The zero-order valence-corrected chi connectivity index (χ0v) is 15.7. The van der Waals surface area contributed by atoms with Crippen molar-refractivity contribution >= 4 is 5.91 Å². The molecule has 0 bridgehead atoms. The lowest BCUT2D eigenvalue weighted by Crippen LogP contribution is -2.51. The van der Waals surface area contributed by atoms with Gasteiger partial charge in [0.15, 0.2) is 0 Å². The number of ether oxygens (including phenoxy) is 2. The number of rotatable bonds is 3. The third-order valence-corrected chi connectivity index (χ3v) is 5.40. The highest BCUT2D eigenvalue weighted by atomic mass is 19.3. The Morgan fingerprint density at radius 1 is 1.29 bits per heavy atom. The van der Waals surface area contributed by atoms with E-state index in [1.165, 1.54) is 10.7 Å². The average molecular weight is 391 g/mol. The number of halogens is 2. The van der Waals surface area contributed by atoms with Crippen LogP contribution in [-0.4, -0.2) is 45.9 Å². The van der Waals surface area contributed by atoms with E-state index in [1.807, 2.05) is 24.3 Å². The van der Waals surface area contributed by atoms with E-state index in [-0.39, 0.29) is 18.1 Å². The van der Waals surface area contributed by atoms with Crippen LogP contribution in [0.3, 0.4) is 0 Å². The van der Waals surface area contributed by atoms with Gasteiger partial charge in [-0.15, -0.1) is 0 Å². The van der Waals surface area contributed by atoms with Crippen molar-refractivity contribution in [1.29, 1.82) is 0 Å². The van der Waals surface area contributed by atoms with Crippen LogP contribution in [0.1, 0.15) is 36.2 Å². The molecular formula is C20H23F2N3O3. The van der Waals surface area contributed by atoms with Crippen LogP contribution >= 0.6 is 0 Å². The van der Waals surface area contributed by atoms with Gasteiger partial charge in [-0.3, -0.25) is 9.48 Å². The largest absolute Gasteiger partial charge is 0.485 e. The molecule has 8 heteroatoms. The molecular weight excluding hydrogens is 368 g/mol. The molecule has 0 unspecified atom stereocenters. The van der Waals surface area contributed by atoms with E-state index in [2.05, 4.69) is 5.10 Å². The standard InChI is InChI=1S/C20H23F2N3O3/c1-14-10-16(19(21)22)23-25(14)12-18(26)24-11-15-4-2-3-5-17(15)28-20(13-24)6-8-27-9-7-20/h2-5,10,19H,6-9,11-13H2,1H3. The topological polar surface area (TPSA) is 56.6 Å². The second-order valence-electron chi connectivity index (χ2n) is 7.42. The number of carbonyl (C=O) groups is 1. The Labute approximate surface area is 162 Å². The van der Waals surface area contributed by atoms with Crippen LogP contribution in [0.4, 0.5) is 8.78 Å². The summed E-state index contributed by atoms with van der Waals surface area (Å²) in [4.78, 5) is 14.8. The van der Waals surface area contributed by atoms with Gasteiger partial charge in [0.1, 0.15) is 23.6 Å². The summed E-state index contributed by atoms with van der Waals surface area (Å²) in [6.45, 7) is 3.62. The molecule has 1 fully saturated rings. The Kier molecular flexibility index (Phi) is 5.05. The summed E-state index contributed by atoms with van der Waals surface area (Å²) in [5.74, 6) is 0.619. The van der Waals surface area contributed by atoms with Crippen LogP contribution in [0.15, 0.2) is 30.3 Å². The maximum absolute atomic E-state index is 13.1. The number of hydrogen-bond donors (Lipinski definition) is 0. The van der Waals surface area contributed by atoms with Gasteiger partial charge in [0, 0.05) is 30.6 Å². The van der Waals surface area contributed by atoms with Crippen molar-refractivity contribution in [3.63, 3.8) is 0 Å². The van der Waals surface area contributed by atoms with E-state index in [9.17, 15) is 13.6 Å². The van der Waals surface area contributed by atoms with Crippen molar-refractivity contribution < 1.29 is 23.0 Å². The summed E-state index contributed by atoms with van der Waals surface area (Å²) in [6.07, 6.45) is -1.26. The molecule has 0 N–H and O–H groups in total. The van der Waals surface area contributed by atoms with Gasteiger partial charge in [-0.05, 0) is 19.1 Å². The van der Waals surface area contributed by atoms with Gasteiger partial charge in [0.25, 0.3) is 6.43 Å². The van der Waals surface area contributed by atoms with Crippen LogP contribution < -0.4 is 4.74 Å². The first-order valence-electron chi connectivity index (χ1n) is 9.41. The number of nitrogens with zero attached hydrogens (tertiary/aromatic N) is 3. The van der Waals surface area contributed by atoms with E-state index in [4.69, 9.17) is 9.47 Å². The van der Waals surface area contributed by atoms with Crippen LogP contribution in [0, 0.1) is 6.92 Å². The number of aromatic nitrogens is 2. The minimum absolute atomic E-state index is 0.0761. The van der Waals surface area contributed by atoms with Crippen molar-refractivity contribution in [1.82, 2.24) is 14.7 Å². The van der Waals surface area contributed by atoms with Crippen molar-refractivity contribution in [3.8, 4) is 5.75 Å². The van der Waals surface area contributed by atoms with Gasteiger partial charge in [0.2, 0.25) is 5.91 Å². The molecule has 4 rings (SSSR count). The second kappa shape index (κ2) is 7.50. The molecule has 6 nitrogen and oxygen atoms in total. The van der Waals surface area contributed by atoms with E-state index < -0.39 is 12.0 Å². The van der Waals surface area contributed by atoms with Gasteiger partial charge in [-0.25, -0.2) is 8.78 Å². The number of benzene rings is 1. The highest BCUT2D eigenvalue weighted by Crippen LogP contribution is 2.35. The van der Waals surface area contributed by atoms with Crippen molar-refractivity contribution in [2.45, 2.75) is 44.9 Å². The lowest BCUT2D eigenvalue weighted by Gasteiger charge is -2.38. The minimum Gasteiger partial charge on any atom is -0.485 e. The molecule has 1 aromatic carbocycles. The molecule has 0 saturated carbocycles. The van der Waals surface area contributed by atoms with Crippen molar-refractivity contribution in [2.75, 3.05) is 19.8 Å². The fourth-order valence-electron chi connectivity index (χ4n) is 3.82. The third-order valence-electron chi connectivity index (χ3n) is 5.40. The van der Waals surface area contributed by atoms with Gasteiger partial charge in [0.05, 0.1) is 19.8 Å². The molecule has 2 aliphatic heterocycles. The van der Waals surface area contributed by atoms with Crippen LogP contribution in [0.5, 0.6) is 5.75 Å². The highest BCUT2D eigenvalue weighted by Gasteiger charge is 2.40. The summed E-state index contributed by atoms with van der Waals surface area (Å²) in [5.41, 5.74) is 0.671. The SMILES string of the molecule is Cc1cc(C(F)F)nn1CC(=O)N1Cc2ccccc2OC2(CCOCC2)C1. The lowest BCUT2D eigenvalue weighted by molar-refractivity contribution is -0.137. The Morgan fingerprint density at radius 3 is 2.75 bits per heavy atom. The summed E-state index contributed by atoms with van der Waals surface area (Å²) in [6, 6.07) is 9.02. The van der Waals surface area contributed by atoms with Crippen LogP contribution in [-0.2, 0) is 22.6 Å². The highest BCUT2D eigenvalue weighted by molar-refractivity contribution is 5.76. The molecule has 0 radical (unpaired) electrons. The van der Waals surface area contributed by atoms with Gasteiger partial charge >= 0.3 is 0 Å². The molecule has 1 spiro atoms. The summed E-state index contributed by atoms with van der Waals surface area (Å²) in [7, 11) is 0. The zero-order valence-electron chi connectivity index (χ0n) is 15.7. The van der Waals surface area contributed by atoms with Gasteiger partial charge < -0.3 is 14.4 Å². The monoisotopic (exact) mass is 391 g/mol. The number of alkyl halides is 2. The van der Waals surface area contributed by atoms with E-state index >= 15 is 0 Å². The minimum atomic E-state index is -2.65. The molecule has 1 saturated heterocycles. The van der Waals surface area contributed by atoms with E-state index in [1.54, 1.807) is 11.8 Å². The lowest BCUT2D eigenvalue weighted by atomic mass is 9.93. The number of hydrogen-bond acceptors (Lipinski definition) is 4. The number of carbonyl (C=O) groups excluding carboxylic acids is 1. The fraction of sp³-hybridized carbons (Fsp3) is 0.500. The maximum atomic E-state index is 13.1. The second-order valence-corrected chi connectivity index (χ2v) is 7.42. The van der Waals surface area contributed by atoms with Crippen LogP contribution in [0.25, 0.3) is 0 Å². The quantitative estimate of drug-likeness (QED) is 0.807. The van der Waals surface area contributed by atoms with Gasteiger partial charge in [-0.2, -0.15) is 5.10 Å². The number of para-hydroxylation sites is 1. The molecule has 0 atom stereocenters. The molecule has 1 amide bonds. The number of fused-ring (bicyclic) bond motifs is 1. The predicted molar refractivity (Wildman–Crippen MR) is 97.2 cm³/mol. The molecule has 0 aliphatic carbocycles. The third kappa shape index (κ3) is 3.73. The molecule has 28 heavy (non-hydrogen) atoms. The van der Waals surface area contributed by atoms with Crippen molar-refractivity contribution in [2.24, 2.45) is 0 Å². The first-order valence-corrected chi connectivity index (χ1v) is 9.41. The normalized spacial score (nSPS) is 18.6. The number of amides is 1. The molecule has 3 heterocycles. The molecule has 2 aromatic rings. The van der Waals surface area contributed by atoms with E-state index in [0.29, 0.717) is 44.8 Å². The summed E-state index contributed by atoms with van der Waals surface area (Å²) < 4.78 is 39.0. The molecule has 1 aromatic heterocycles. The Morgan fingerprint density at radius 2 is 2.04 bits per heavy atom. The molecule has 150 valence electrons. The zero-order chi connectivity index (χ0) is 19.7. The predicted octanol–water partition coefficient (Wildman–Crippen LogP) is 3.10. The van der Waals surface area contributed by atoms with Gasteiger partial charge in [-0.1, -0.05) is 18.2 Å².